The highest BCUT2D eigenvalue weighted by atomic mass is 32.2. The van der Waals surface area contributed by atoms with Gasteiger partial charge in [0, 0.05) is 32.2 Å². The summed E-state index contributed by atoms with van der Waals surface area (Å²) in [5.74, 6) is 0. The zero-order valence-electron chi connectivity index (χ0n) is 8.08. The second kappa shape index (κ2) is 4.36. The lowest BCUT2D eigenvalue weighted by atomic mass is 10.3. The molecule has 0 bridgehead atoms. The Morgan fingerprint density at radius 1 is 1.62 bits per heavy atom. The summed E-state index contributed by atoms with van der Waals surface area (Å²) in [7, 11) is -3.24. The molecule has 78 valence electrons. The molecule has 1 rings (SSSR count). The van der Waals surface area contributed by atoms with Crippen LogP contribution in [0.1, 0.15) is 13.8 Å². The number of rotatable bonds is 3. The molecule has 0 amide bonds. The molecule has 13 heavy (non-hydrogen) atoms. The van der Waals surface area contributed by atoms with Crippen molar-refractivity contribution < 1.29 is 8.42 Å². The molecule has 0 saturated carbocycles. The highest BCUT2D eigenvalue weighted by Crippen LogP contribution is 2.06. The van der Waals surface area contributed by atoms with Crippen LogP contribution in [0.25, 0.3) is 0 Å². The van der Waals surface area contributed by atoms with Crippen LogP contribution in [0.3, 0.4) is 0 Å². The van der Waals surface area contributed by atoms with E-state index in [9.17, 15) is 8.42 Å². The lowest BCUT2D eigenvalue weighted by Gasteiger charge is -2.32. The van der Waals surface area contributed by atoms with E-state index < -0.39 is 10.2 Å². The Morgan fingerprint density at radius 2 is 2.31 bits per heavy atom. The third kappa shape index (κ3) is 2.63. The van der Waals surface area contributed by atoms with Crippen LogP contribution in [0, 0.1) is 0 Å². The maximum absolute atomic E-state index is 11.6. The van der Waals surface area contributed by atoms with Crippen molar-refractivity contribution in [3.8, 4) is 0 Å². The van der Waals surface area contributed by atoms with Crippen LogP contribution in [0.5, 0.6) is 0 Å². The lowest BCUT2D eigenvalue weighted by molar-refractivity contribution is 0.280. The molecule has 1 atom stereocenters. The van der Waals surface area contributed by atoms with Crippen molar-refractivity contribution in [2.45, 2.75) is 19.9 Å². The fourth-order valence-electron chi connectivity index (χ4n) is 1.44. The van der Waals surface area contributed by atoms with Gasteiger partial charge in [-0.25, -0.2) is 4.72 Å². The zero-order valence-corrected chi connectivity index (χ0v) is 8.89. The maximum atomic E-state index is 11.6. The predicted molar refractivity (Wildman–Crippen MR) is 51.6 cm³/mol. The highest BCUT2D eigenvalue weighted by Gasteiger charge is 2.28. The number of hydrogen-bond donors (Lipinski definition) is 2. The number of nitrogens with one attached hydrogen (secondary N) is 2. The van der Waals surface area contributed by atoms with Gasteiger partial charge in [0.1, 0.15) is 0 Å². The molecule has 0 radical (unpaired) electrons. The quantitative estimate of drug-likeness (QED) is 0.633. The van der Waals surface area contributed by atoms with Gasteiger partial charge in [0.25, 0.3) is 10.2 Å². The molecule has 2 N–H and O–H groups in total. The standard InChI is InChI=1S/C7H17N3O2S/c1-3-9-13(11,12)10-5-4-8-6-7(10)2/h7-9H,3-6H2,1-2H3/t7-/m0/s1. The van der Waals surface area contributed by atoms with Crippen molar-refractivity contribution in [1.82, 2.24) is 14.3 Å². The van der Waals surface area contributed by atoms with Gasteiger partial charge in [-0.1, -0.05) is 6.92 Å². The Labute approximate surface area is 79.7 Å². The zero-order chi connectivity index (χ0) is 9.90. The van der Waals surface area contributed by atoms with E-state index in [0.717, 1.165) is 13.1 Å². The monoisotopic (exact) mass is 207 g/mol. The maximum Gasteiger partial charge on any atom is 0.279 e. The smallest absolute Gasteiger partial charge is 0.279 e. The second-order valence-corrected chi connectivity index (χ2v) is 4.87. The first-order valence-electron chi connectivity index (χ1n) is 4.55. The normalized spacial score (nSPS) is 26.2. The minimum absolute atomic E-state index is 0.0396. The van der Waals surface area contributed by atoms with Crippen molar-refractivity contribution in [2.24, 2.45) is 0 Å². The Bertz CT molecular complexity index is 252. The summed E-state index contributed by atoms with van der Waals surface area (Å²) in [4.78, 5) is 0. The minimum Gasteiger partial charge on any atom is -0.314 e. The second-order valence-electron chi connectivity index (χ2n) is 3.17. The van der Waals surface area contributed by atoms with Crippen LogP contribution in [-0.2, 0) is 10.2 Å². The summed E-state index contributed by atoms with van der Waals surface area (Å²) in [5.41, 5.74) is 0. The molecular weight excluding hydrogens is 190 g/mol. The van der Waals surface area contributed by atoms with Crippen LogP contribution in [0.4, 0.5) is 0 Å². The van der Waals surface area contributed by atoms with E-state index in [2.05, 4.69) is 10.0 Å². The number of nitrogens with zero attached hydrogens (tertiary/aromatic N) is 1. The van der Waals surface area contributed by atoms with Gasteiger partial charge in [-0.2, -0.15) is 12.7 Å². The summed E-state index contributed by atoms with van der Waals surface area (Å²) in [6, 6.07) is 0.0396. The Morgan fingerprint density at radius 3 is 2.85 bits per heavy atom. The van der Waals surface area contributed by atoms with Gasteiger partial charge in [-0.15, -0.1) is 0 Å². The molecule has 0 aromatic rings. The first-order valence-corrected chi connectivity index (χ1v) is 5.99. The van der Waals surface area contributed by atoms with Crippen LogP contribution < -0.4 is 10.0 Å². The van der Waals surface area contributed by atoms with E-state index in [4.69, 9.17) is 0 Å². The van der Waals surface area contributed by atoms with E-state index in [0.29, 0.717) is 13.1 Å². The van der Waals surface area contributed by atoms with Crippen LogP contribution in [0.15, 0.2) is 0 Å². The molecule has 0 spiro atoms. The summed E-state index contributed by atoms with van der Waals surface area (Å²) in [6.45, 7) is 6.14. The Hall–Kier alpha value is -0.170. The van der Waals surface area contributed by atoms with Crippen molar-refractivity contribution in [3.63, 3.8) is 0 Å². The van der Waals surface area contributed by atoms with E-state index in [-0.39, 0.29) is 6.04 Å². The van der Waals surface area contributed by atoms with Gasteiger partial charge in [0.2, 0.25) is 0 Å². The topological polar surface area (TPSA) is 61.4 Å². The first-order chi connectivity index (χ1) is 6.08. The van der Waals surface area contributed by atoms with Crippen molar-refractivity contribution in [3.05, 3.63) is 0 Å². The molecule has 0 unspecified atom stereocenters. The molecule has 1 fully saturated rings. The third-order valence-corrected chi connectivity index (χ3v) is 3.89. The molecule has 0 aliphatic carbocycles. The van der Waals surface area contributed by atoms with E-state index in [1.54, 1.807) is 6.92 Å². The first kappa shape index (κ1) is 10.9. The fourth-order valence-corrected chi connectivity index (χ4v) is 2.86. The van der Waals surface area contributed by atoms with Gasteiger partial charge >= 0.3 is 0 Å². The fraction of sp³-hybridized carbons (Fsp3) is 1.00. The SMILES string of the molecule is CCNS(=O)(=O)N1CCNC[C@@H]1C. The lowest BCUT2D eigenvalue weighted by Crippen LogP contribution is -2.55. The van der Waals surface area contributed by atoms with Crippen molar-refractivity contribution in [1.29, 1.82) is 0 Å². The summed E-state index contributed by atoms with van der Waals surface area (Å²) < 4.78 is 27.2. The Kier molecular flexibility index (Phi) is 3.66. The van der Waals surface area contributed by atoms with Gasteiger partial charge in [0.05, 0.1) is 0 Å². The third-order valence-electron chi connectivity index (χ3n) is 2.08. The van der Waals surface area contributed by atoms with E-state index in [1.807, 2.05) is 6.92 Å². The largest absolute Gasteiger partial charge is 0.314 e. The van der Waals surface area contributed by atoms with E-state index in [1.165, 1.54) is 4.31 Å². The molecule has 0 aromatic heterocycles. The van der Waals surface area contributed by atoms with Gasteiger partial charge < -0.3 is 5.32 Å². The van der Waals surface area contributed by atoms with Crippen molar-refractivity contribution in [2.75, 3.05) is 26.2 Å². The molecule has 5 nitrogen and oxygen atoms in total. The molecule has 1 heterocycles. The highest BCUT2D eigenvalue weighted by molar-refractivity contribution is 7.87. The van der Waals surface area contributed by atoms with Crippen LogP contribution in [-0.4, -0.2) is 44.9 Å². The number of piperazine rings is 1. The van der Waals surface area contributed by atoms with Crippen LogP contribution >= 0.6 is 0 Å². The van der Waals surface area contributed by atoms with E-state index >= 15 is 0 Å². The predicted octanol–water partition coefficient (Wildman–Crippen LogP) is -0.866. The van der Waals surface area contributed by atoms with Gasteiger partial charge in [0.15, 0.2) is 0 Å². The summed E-state index contributed by atoms with van der Waals surface area (Å²) in [5, 5.41) is 3.14. The van der Waals surface area contributed by atoms with Crippen molar-refractivity contribution >= 4 is 10.2 Å². The average molecular weight is 207 g/mol. The Balaban J connectivity index is 2.68. The minimum atomic E-state index is -3.24. The molecule has 1 aliphatic rings. The molecular formula is C7H17N3O2S. The molecule has 6 heteroatoms. The van der Waals surface area contributed by atoms with Gasteiger partial charge in [-0.3, -0.25) is 0 Å². The number of hydrogen-bond acceptors (Lipinski definition) is 3. The average Bonchev–Trinajstić information content (AvgIpc) is 2.04. The van der Waals surface area contributed by atoms with Gasteiger partial charge in [-0.05, 0) is 6.92 Å². The summed E-state index contributed by atoms with van der Waals surface area (Å²) in [6.07, 6.45) is 0. The van der Waals surface area contributed by atoms with Crippen LogP contribution in [0.2, 0.25) is 0 Å². The molecule has 1 aliphatic heterocycles. The summed E-state index contributed by atoms with van der Waals surface area (Å²) >= 11 is 0. The molecule has 1 saturated heterocycles. The molecule has 0 aromatic carbocycles.